The molecule has 0 N–H and O–H groups in total. The second-order valence-corrected chi connectivity index (χ2v) is 8.04. The van der Waals surface area contributed by atoms with Gasteiger partial charge in [0, 0.05) is 11.2 Å². The van der Waals surface area contributed by atoms with E-state index in [0.29, 0.717) is 5.02 Å². The molecule has 8 heteroatoms. The van der Waals surface area contributed by atoms with Crippen molar-refractivity contribution in [1.29, 1.82) is 0 Å². The quantitative estimate of drug-likeness (QED) is 0.704. The minimum atomic E-state index is -4.54. The van der Waals surface area contributed by atoms with Gasteiger partial charge in [-0.15, -0.1) is 0 Å². The van der Waals surface area contributed by atoms with E-state index in [1.807, 2.05) is 12.1 Å². The van der Waals surface area contributed by atoms with E-state index in [9.17, 15) is 18.0 Å². The zero-order chi connectivity index (χ0) is 20.6. The summed E-state index contributed by atoms with van der Waals surface area (Å²) >= 11 is 5.99. The number of carbonyl (C=O) groups is 1. The Morgan fingerprint density at radius 1 is 1.14 bits per heavy atom. The maximum atomic E-state index is 13.3. The number of likely N-dealkylation sites (tertiary alicyclic amines) is 1. The van der Waals surface area contributed by atoms with Crippen molar-refractivity contribution < 1.29 is 22.7 Å². The first kappa shape index (κ1) is 20.0. The molecule has 0 spiro atoms. The summed E-state index contributed by atoms with van der Waals surface area (Å²) in [5.41, 5.74) is -0.548. The van der Waals surface area contributed by atoms with Gasteiger partial charge in [-0.3, -0.25) is 4.79 Å². The highest BCUT2D eigenvalue weighted by Crippen LogP contribution is 2.44. The molecule has 29 heavy (non-hydrogen) atoms. The smallest absolute Gasteiger partial charge is 0.421 e. The van der Waals surface area contributed by atoms with E-state index in [1.54, 1.807) is 17.0 Å². The Labute approximate surface area is 171 Å². The van der Waals surface area contributed by atoms with Gasteiger partial charge in [0.1, 0.15) is 11.7 Å². The number of pyridine rings is 1. The Bertz CT molecular complexity index is 890. The Kier molecular flexibility index (Phi) is 5.19. The molecule has 0 atom stereocenters. The molecule has 4 nitrogen and oxygen atoms in total. The molecular weight excluding hydrogens is 405 g/mol. The van der Waals surface area contributed by atoms with Crippen LogP contribution in [0.4, 0.5) is 13.2 Å². The normalized spacial score (nSPS) is 19.1. The predicted molar refractivity (Wildman–Crippen MR) is 102 cm³/mol. The van der Waals surface area contributed by atoms with E-state index in [4.69, 9.17) is 16.3 Å². The summed E-state index contributed by atoms with van der Waals surface area (Å²) in [6, 6.07) is 9.52. The van der Waals surface area contributed by atoms with E-state index in [-0.39, 0.29) is 19.0 Å². The van der Waals surface area contributed by atoms with Crippen LogP contribution >= 0.6 is 11.6 Å². The molecular formula is C21H20ClF3N2O2. The number of amides is 1. The fourth-order valence-corrected chi connectivity index (χ4v) is 4.34. The molecule has 1 aliphatic carbocycles. The van der Waals surface area contributed by atoms with Gasteiger partial charge in [-0.25, -0.2) is 4.98 Å². The molecule has 1 aromatic carbocycles. The van der Waals surface area contributed by atoms with Crippen molar-refractivity contribution in [1.82, 2.24) is 9.88 Å². The largest absolute Gasteiger partial charge is 0.470 e. The molecule has 1 aliphatic heterocycles. The van der Waals surface area contributed by atoms with Gasteiger partial charge in [-0.1, -0.05) is 36.6 Å². The molecule has 4 rings (SSSR count). The molecule has 0 bridgehead atoms. The minimum absolute atomic E-state index is 0.00855. The highest BCUT2D eigenvalue weighted by molar-refractivity contribution is 6.30. The molecule has 2 aromatic rings. The van der Waals surface area contributed by atoms with Crippen LogP contribution < -0.4 is 4.74 Å². The van der Waals surface area contributed by atoms with Gasteiger partial charge < -0.3 is 9.64 Å². The van der Waals surface area contributed by atoms with Crippen LogP contribution in [0.25, 0.3) is 0 Å². The van der Waals surface area contributed by atoms with E-state index in [0.717, 1.165) is 37.3 Å². The van der Waals surface area contributed by atoms with Gasteiger partial charge in [-0.2, -0.15) is 13.2 Å². The van der Waals surface area contributed by atoms with Gasteiger partial charge in [0.15, 0.2) is 0 Å². The topological polar surface area (TPSA) is 42.4 Å². The van der Waals surface area contributed by atoms with Crippen molar-refractivity contribution in [2.24, 2.45) is 0 Å². The van der Waals surface area contributed by atoms with E-state index in [1.165, 1.54) is 12.3 Å². The molecule has 1 aromatic heterocycles. The molecule has 2 aliphatic rings. The Morgan fingerprint density at radius 3 is 2.41 bits per heavy atom. The first-order valence-corrected chi connectivity index (χ1v) is 9.92. The van der Waals surface area contributed by atoms with Gasteiger partial charge in [0.2, 0.25) is 11.8 Å². The zero-order valence-electron chi connectivity index (χ0n) is 15.6. The number of hydrogen-bond donors (Lipinski definition) is 0. The summed E-state index contributed by atoms with van der Waals surface area (Å²) in [6.45, 7) is 0.504. The number of halogens is 4. The van der Waals surface area contributed by atoms with E-state index in [2.05, 4.69) is 4.98 Å². The monoisotopic (exact) mass is 424 g/mol. The van der Waals surface area contributed by atoms with Gasteiger partial charge >= 0.3 is 6.18 Å². The Morgan fingerprint density at radius 2 is 1.79 bits per heavy atom. The number of alkyl halides is 3. The summed E-state index contributed by atoms with van der Waals surface area (Å²) < 4.78 is 44.8. The molecule has 2 fully saturated rings. The summed E-state index contributed by atoms with van der Waals surface area (Å²) in [5.74, 6) is -0.431. The van der Waals surface area contributed by atoms with Crippen LogP contribution in [-0.2, 0) is 16.4 Å². The van der Waals surface area contributed by atoms with Crippen molar-refractivity contribution >= 4 is 17.5 Å². The number of benzene rings is 1. The zero-order valence-corrected chi connectivity index (χ0v) is 16.3. The van der Waals surface area contributed by atoms with Gasteiger partial charge in [0.25, 0.3) is 0 Å². The van der Waals surface area contributed by atoms with Crippen LogP contribution in [0.15, 0.2) is 42.6 Å². The first-order chi connectivity index (χ1) is 13.8. The Hall–Kier alpha value is -2.28. The SMILES string of the molecule is O=C(N1CC(Oc2ncccc2C(F)(F)F)C1)C1(c2ccc(Cl)cc2)CCCC1. The lowest BCUT2D eigenvalue weighted by molar-refractivity contribution is -0.149. The number of hydrogen-bond acceptors (Lipinski definition) is 3. The summed E-state index contributed by atoms with van der Waals surface area (Å²) in [4.78, 5) is 18.7. The van der Waals surface area contributed by atoms with Crippen LogP contribution in [0, 0.1) is 0 Å². The number of ether oxygens (including phenoxy) is 1. The average molecular weight is 425 g/mol. The number of rotatable bonds is 4. The first-order valence-electron chi connectivity index (χ1n) is 9.54. The van der Waals surface area contributed by atoms with Gasteiger partial charge in [-0.05, 0) is 42.7 Å². The fourth-order valence-electron chi connectivity index (χ4n) is 4.21. The third kappa shape index (κ3) is 3.80. The second-order valence-electron chi connectivity index (χ2n) is 7.60. The molecule has 2 heterocycles. The van der Waals surface area contributed by atoms with Crippen LogP contribution in [0.1, 0.15) is 36.8 Å². The second kappa shape index (κ2) is 7.52. The standard InChI is InChI=1S/C21H20ClF3N2O2/c22-15-7-5-14(6-8-15)20(9-1-2-10-20)19(28)27-12-16(13-27)29-18-17(21(23,24)25)4-3-11-26-18/h3-8,11,16H,1-2,9-10,12-13H2. The lowest BCUT2D eigenvalue weighted by Gasteiger charge is -2.44. The lowest BCUT2D eigenvalue weighted by Crippen LogP contribution is -2.60. The van der Waals surface area contributed by atoms with Crippen molar-refractivity contribution in [3.8, 4) is 5.88 Å². The summed E-state index contributed by atoms with van der Waals surface area (Å²) in [6.07, 6.45) is -0.331. The van der Waals surface area contributed by atoms with Crippen LogP contribution in [0.5, 0.6) is 5.88 Å². The highest BCUT2D eigenvalue weighted by Gasteiger charge is 2.48. The highest BCUT2D eigenvalue weighted by atomic mass is 35.5. The minimum Gasteiger partial charge on any atom is -0.470 e. The molecule has 0 radical (unpaired) electrons. The van der Waals surface area contributed by atoms with E-state index < -0.39 is 29.1 Å². The van der Waals surface area contributed by atoms with Crippen LogP contribution in [0.3, 0.4) is 0 Å². The Balaban J connectivity index is 1.46. The fraction of sp³-hybridized carbons (Fsp3) is 0.429. The van der Waals surface area contributed by atoms with Crippen LogP contribution in [0.2, 0.25) is 5.02 Å². The number of carbonyl (C=O) groups excluding carboxylic acids is 1. The number of aromatic nitrogens is 1. The van der Waals surface area contributed by atoms with Crippen LogP contribution in [-0.4, -0.2) is 35.0 Å². The molecule has 1 saturated heterocycles. The average Bonchev–Trinajstić information content (AvgIpc) is 3.15. The molecule has 1 saturated carbocycles. The third-order valence-corrected chi connectivity index (χ3v) is 6.01. The maximum absolute atomic E-state index is 13.3. The van der Waals surface area contributed by atoms with E-state index >= 15 is 0 Å². The lowest BCUT2D eigenvalue weighted by atomic mass is 9.77. The van der Waals surface area contributed by atoms with Crippen molar-refractivity contribution in [2.75, 3.05) is 13.1 Å². The number of nitrogens with zero attached hydrogens (tertiary/aromatic N) is 2. The maximum Gasteiger partial charge on any atom is 0.421 e. The molecule has 0 unspecified atom stereocenters. The predicted octanol–water partition coefficient (Wildman–Crippen LogP) is 4.86. The van der Waals surface area contributed by atoms with Crippen molar-refractivity contribution in [3.05, 3.63) is 58.7 Å². The molecule has 154 valence electrons. The summed E-state index contributed by atoms with van der Waals surface area (Å²) in [7, 11) is 0. The van der Waals surface area contributed by atoms with Crippen molar-refractivity contribution in [3.63, 3.8) is 0 Å². The third-order valence-electron chi connectivity index (χ3n) is 5.75. The molecule has 1 amide bonds. The van der Waals surface area contributed by atoms with Gasteiger partial charge in [0.05, 0.1) is 18.5 Å². The summed E-state index contributed by atoms with van der Waals surface area (Å²) in [5, 5.41) is 0.614. The van der Waals surface area contributed by atoms with Crippen molar-refractivity contribution in [2.45, 2.75) is 43.4 Å².